The first-order valence-electron chi connectivity index (χ1n) is 11.0. The van der Waals surface area contributed by atoms with Gasteiger partial charge in [0.1, 0.15) is 6.10 Å². The van der Waals surface area contributed by atoms with Gasteiger partial charge in [-0.2, -0.15) is 0 Å². The van der Waals surface area contributed by atoms with Gasteiger partial charge in [-0.05, 0) is 41.2 Å². The minimum Gasteiger partial charge on any atom is -0.389 e. The predicted molar refractivity (Wildman–Crippen MR) is 118 cm³/mol. The van der Waals surface area contributed by atoms with Crippen LogP contribution in [-0.4, -0.2) is 41.8 Å². The topological polar surface area (TPSA) is 32.7 Å². The molecule has 4 rings (SSSR count). The highest BCUT2D eigenvalue weighted by molar-refractivity contribution is 5.29. The second-order valence-electron chi connectivity index (χ2n) is 10.3. The van der Waals surface area contributed by atoms with Gasteiger partial charge in [0.25, 0.3) is 0 Å². The first-order valence-corrected chi connectivity index (χ1v) is 11.0. The molecular formula is C26H35NO2. The maximum absolute atomic E-state index is 10.8. The van der Waals surface area contributed by atoms with Crippen molar-refractivity contribution in [2.75, 3.05) is 19.7 Å². The summed E-state index contributed by atoms with van der Waals surface area (Å²) in [5.41, 5.74) is 3.04. The maximum atomic E-state index is 10.8. The van der Waals surface area contributed by atoms with E-state index in [1.165, 1.54) is 19.3 Å². The van der Waals surface area contributed by atoms with E-state index in [2.05, 4.69) is 49.9 Å². The Labute approximate surface area is 175 Å². The smallest absolute Gasteiger partial charge is 0.108 e. The summed E-state index contributed by atoms with van der Waals surface area (Å²) in [7, 11) is 0. The zero-order valence-electron chi connectivity index (χ0n) is 18.1. The number of aliphatic hydroxyl groups excluding tert-OH is 1. The van der Waals surface area contributed by atoms with E-state index >= 15 is 0 Å². The number of β-amino-alcohol motifs (C(OH)–C–C–N with tert-alkyl or cyclic N) is 1. The average Bonchev–Trinajstić information content (AvgIpc) is 2.91. The molecule has 1 heterocycles. The Kier molecular flexibility index (Phi) is 5.83. The summed E-state index contributed by atoms with van der Waals surface area (Å²) < 4.78 is 6.29. The fourth-order valence-electron chi connectivity index (χ4n) is 5.96. The van der Waals surface area contributed by atoms with Crippen LogP contribution in [0.1, 0.15) is 57.3 Å². The van der Waals surface area contributed by atoms with Crippen molar-refractivity contribution in [1.29, 1.82) is 0 Å². The Balaban J connectivity index is 1.40. The largest absolute Gasteiger partial charge is 0.389 e. The minimum atomic E-state index is -0.476. The molecule has 0 unspecified atom stereocenters. The first-order chi connectivity index (χ1) is 13.8. The molecule has 2 fully saturated rings. The number of nitrogens with zero attached hydrogens (tertiary/aromatic N) is 1. The molecule has 2 aromatic carbocycles. The van der Waals surface area contributed by atoms with Crippen LogP contribution in [0.5, 0.6) is 0 Å². The van der Waals surface area contributed by atoms with Crippen LogP contribution in [0.15, 0.2) is 60.7 Å². The molecule has 1 saturated heterocycles. The lowest BCUT2D eigenvalue weighted by Gasteiger charge is -2.40. The summed E-state index contributed by atoms with van der Waals surface area (Å²) in [5.74, 6) is 0. The number of ether oxygens (including phenoxy) is 1. The lowest BCUT2D eigenvalue weighted by atomic mass is 9.65. The van der Waals surface area contributed by atoms with Gasteiger partial charge in [-0.1, -0.05) is 81.4 Å². The van der Waals surface area contributed by atoms with Crippen molar-refractivity contribution in [1.82, 2.24) is 4.90 Å². The van der Waals surface area contributed by atoms with E-state index < -0.39 is 6.10 Å². The van der Waals surface area contributed by atoms with Crippen molar-refractivity contribution in [3.63, 3.8) is 0 Å². The minimum absolute atomic E-state index is 0.152. The molecule has 3 nitrogen and oxygen atoms in total. The van der Waals surface area contributed by atoms with Gasteiger partial charge >= 0.3 is 0 Å². The third kappa shape index (κ3) is 4.91. The van der Waals surface area contributed by atoms with Gasteiger partial charge in [0.15, 0.2) is 0 Å². The third-order valence-electron chi connectivity index (χ3n) is 6.63. The number of hydrogen-bond donors (Lipinski definition) is 1. The highest BCUT2D eigenvalue weighted by atomic mass is 16.5. The van der Waals surface area contributed by atoms with E-state index in [0.29, 0.717) is 30.0 Å². The molecule has 2 aromatic rings. The van der Waals surface area contributed by atoms with Crippen LogP contribution in [0.3, 0.4) is 0 Å². The van der Waals surface area contributed by atoms with Crippen molar-refractivity contribution in [3.8, 4) is 0 Å². The van der Waals surface area contributed by atoms with Gasteiger partial charge in [-0.3, -0.25) is 4.90 Å². The molecule has 1 saturated carbocycles. The van der Waals surface area contributed by atoms with Crippen LogP contribution < -0.4 is 0 Å². The molecule has 156 valence electrons. The predicted octanol–water partition coefficient (Wildman–Crippen LogP) is 5.05. The number of rotatable bonds is 7. The summed E-state index contributed by atoms with van der Waals surface area (Å²) in [4.78, 5) is 2.52. The van der Waals surface area contributed by atoms with E-state index in [4.69, 9.17) is 4.74 Å². The fraction of sp³-hybridized carbons (Fsp3) is 0.538. The molecule has 0 amide bonds. The number of benzene rings is 2. The monoisotopic (exact) mass is 393 g/mol. The molecule has 1 aliphatic carbocycles. The van der Waals surface area contributed by atoms with Crippen LogP contribution in [0.4, 0.5) is 0 Å². The molecule has 2 bridgehead atoms. The van der Waals surface area contributed by atoms with Crippen LogP contribution in [0, 0.1) is 10.8 Å². The molecule has 29 heavy (non-hydrogen) atoms. The fourth-order valence-corrected chi connectivity index (χ4v) is 5.96. The van der Waals surface area contributed by atoms with E-state index in [-0.39, 0.29) is 6.10 Å². The molecule has 3 atom stereocenters. The van der Waals surface area contributed by atoms with Gasteiger partial charge in [-0.25, -0.2) is 0 Å². The number of fused-ring (bicyclic) bond motifs is 2. The second-order valence-corrected chi connectivity index (χ2v) is 10.3. The summed E-state index contributed by atoms with van der Waals surface area (Å²) >= 11 is 0. The van der Waals surface area contributed by atoms with Crippen LogP contribution >= 0.6 is 0 Å². The summed E-state index contributed by atoms with van der Waals surface area (Å²) in [6, 6.07) is 21.2. The van der Waals surface area contributed by atoms with Crippen LogP contribution in [-0.2, 0) is 4.74 Å². The zero-order chi connectivity index (χ0) is 20.5. The highest BCUT2D eigenvalue weighted by Crippen LogP contribution is 2.52. The number of likely N-dealkylation sites (tertiary alicyclic amines) is 1. The Bertz CT molecular complexity index is 751. The van der Waals surface area contributed by atoms with Gasteiger partial charge in [0.05, 0.1) is 12.7 Å². The Morgan fingerprint density at radius 1 is 0.966 bits per heavy atom. The van der Waals surface area contributed by atoms with Gasteiger partial charge in [0.2, 0.25) is 0 Å². The van der Waals surface area contributed by atoms with Crippen molar-refractivity contribution in [2.24, 2.45) is 10.8 Å². The van der Waals surface area contributed by atoms with Crippen molar-refractivity contribution in [2.45, 2.75) is 58.3 Å². The Morgan fingerprint density at radius 2 is 1.55 bits per heavy atom. The number of aliphatic hydroxyl groups is 1. The van der Waals surface area contributed by atoms with Gasteiger partial charge in [-0.15, -0.1) is 0 Å². The second kappa shape index (κ2) is 8.22. The normalized spacial score (nSPS) is 27.3. The molecular weight excluding hydrogens is 358 g/mol. The molecule has 1 aliphatic heterocycles. The molecule has 2 aliphatic rings. The molecule has 0 radical (unpaired) electrons. The van der Waals surface area contributed by atoms with E-state index in [9.17, 15) is 5.11 Å². The standard InChI is InChI=1S/C26H35NO2/c1-25(2)14-22-15-26(3,18-25)19-27(22)16-23(28)17-29-24(20-10-6-4-7-11-20)21-12-8-5-9-13-21/h4-13,22-24,28H,14-19H2,1-3H3/t22-,23+,26+/m0/s1. The highest BCUT2D eigenvalue weighted by Gasteiger charge is 2.49. The lowest BCUT2D eigenvalue weighted by molar-refractivity contribution is -0.0112. The Morgan fingerprint density at radius 3 is 2.14 bits per heavy atom. The molecule has 0 aromatic heterocycles. The quantitative estimate of drug-likeness (QED) is 0.714. The SMILES string of the molecule is CC1(C)C[C@H]2C[C@@](C)(CN2C[C@@H](O)COC(c2ccccc2)c2ccccc2)C1. The van der Waals surface area contributed by atoms with E-state index in [1.807, 2.05) is 36.4 Å². The zero-order valence-corrected chi connectivity index (χ0v) is 18.1. The summed E-state index contributed by atoms with van der Waals surface area (Å²) in [6.45, 7) is 9.35. The molecule has 1 N–H and O–H groups in total. The van der Waals surface area contributed by atoms with Crippen molar-refractivity contribution < 1.29 is 9.84 Å². The number of hydrogen-bond acceptors (Lipinski definition) is 3. The first kappa shape index (κ1) is 20.6. The van der Waals surface area contributed by atoms with Gasteiger partial charge < -0.3 is 9.84 Å². The lowest BCUT2D eigenvalue weighted by Crippen LogP contribution is -2.39. The summed E-state index contributed by atoms with van der Waals surface area (Å²) in [5, 5.41) is 10.8. The Hall–Kier alpha value is -1.68. The van der Waals surface area contributed by atoms with Crippen LogP contribution in [0.25, 0.3) is 0 Å². The molecule has 0 spiro atoms. The van der Waals surface area contributed by atoms with Crippen molar-refractivity contribution >= 4 is 0 Å². The van der Waals surface area contributed by atoms with E-state index in [0.717, 1.165) is 17.7 Å². The molecule has 3 heteroatoms. The third-order valence-corrected chi connectivity index (χ3v) is 6.63. The maximum Gasteiger partial charge on any atom is 0.108 e. The van der Waals surface area contributed by atoms with Crippen LogP contribution in [0.2, 0.25) is 0 Å². The average molecular weight is 394 g/mol. The van der Waals surface area contributed by atoms with E-state index in [1.54, 1.807) is 0 Å². The van der Waals surface area contributed by atoms with Gasteiger partial charge in [0, 0.05) is 19.1 Å². The summed E-state index contributed by atoms with van der Waals surface area (Å²) in [6.07, 6.45) is 3.15. The van der Waals surface area contributed by atoms with Crippen molar-refractivity contribution in [3.05, 3.63) is 71.8 Å².